The Morgan fingerprint density at radius 2 is 1.90 bits per heavy atom. The third kappa shape index (κ3) is 1.66. The lowest BCUT2D eigenvalue weighted by atomic mass is 9.38. The molecule has 30 heavy (non-hydrogen) atoms. The van der Waals surface area contributed by atoms with E-state index in [-0.39, 0.29) is 24.2 Å². The van der Waals surface area contributed by atoms with E-state index in [0.29, 0.717) is 6.42 Å². The molecule has 3 saturated carbocycles. The van der Waals surface area contributed by atoms with Gasteiger partial charge in [-0.15, -0.1) is 0 Å². The predicted molar refractivity (Wildman–Crippen MR) is 107 cm³/mol. The smallest absolute Gasteiger partial charge is 0.414 e. The van der Waals surface area contributed by atoms with Gasteiger partial charge in [0.15, 0.2) is 0 Å². The molecule has 1 aromatic rings. The van der Waals surface area contributed by atoms with E-state index in [4.69, 9.17) is 9.47 Å². The summed E-state index contributed by atoms with van der Waals surface area (Å²) in [5, 5.41) is 0. The first-order chi connectivity index (χ1) is 14.5. The van der Waals surface area contributed by atoms with Crippen molar-refractivity contribution in [3.63, 3.8) is 0 Å². The molecule has 7 heteroatoms. The molecule has 1 amide bonds. The number of amides is 1. The van der Waals surface area contributed by atoms with Gasteiger partial charge in [-0.25, -0.2) is 4.79 Å². The number of fused-ring (bicyclic) bond motifs is 3. The van der Waals surface area contributed by atoms with Crippen LogP contribution in [0.1, 0.15) is 37.7 Å². The highest BCUT2D eigenvalue weighted by Crippen LogP contribution is 2.74. The van der Waals surface area contributed by atoms with Crippen LogP contribution in [-0.4, -0.2) is 61.6 Å². The zero-order valence-electron chi connectivity index (χ0n) is 17.3. The third-order valence-corrected chi connectivity index (χ3v) is 8.99. The number of carbonyl (C=O) groups excluding carboxylic acids is 3. The standard InChI is InChI=1S/C23H26N2O5/c1-29-18(27)15-12-21-8-5-10-24-11-9-22(19(21)24)14-6-3-4-7-16(14)25(20(28)30-2)23(15,22)13-17(21)26/h3-4,6-7,15,19H,5,8-13H2,1-2H3/t15-,19+,21+,22-,23-/m1/s1. The summed E-state index contributed by atoms with van der Waals surface area (Å²) in [6.07, 6.45) is 2.71. The number of nitrogens with zero attached hydrogens (tertiary/aromatic N) is 2. The quantitative estimate of drug-likeness (QED) is 0.661. The number of ether oxygens (including phenoxy) is 2. The molecule has 7 nitrogen and oxygen atoms in total. The summed E-state index contributed by atoms with van der Waals surface area (Å²) in [6, 6.07) is 7.93. The van der Waals surface area contributed by atoms with E-state index in [1.807, 2.05) is 18.2 Å². The summed E-state index contributed by atoms with van der Waals surface area (Å²) < 4.78 is 10.5. The Morgan fingerprint density at radius 3 is 2.67 bits per heavy atom. The van der Waals surface area contributed by atoms with E-state index in [1.54, 1.807) is 4.90 Å². The summed E-state index contributed by atoms with van der Waals surface area (Å²) in [5.41, 5.74) is -0.143. The number of methoxy groups -OCH3 is 2. The lowest BCUT2D eigenvalue weighted by Crippen LogP contribution is -2.82. The fourth-order valence-corrected chi connectivity index (χ4v) is 8.30. The molecule has 158 valence electrons. The largest absolute Gasteiger partial charge is 0.469 e. The van der Waals surface area contributed by atoms with Gasteiger partial charge in [0.05, 0.1) is 31.4 Å². The Kier molecular flexibility index (Phi) is 3.45. The van der Waals surface area contributed by atoms with Crippen molar-refractivity contribution >= 4 is 23.5 Å². The van der Waals surface area contributed by atoms with E-state index in [2.05, 4.69) is 11.0 Å². The van der Waals surface area contributed by atoms with Gasteiger partial charge in [-0.1, -0.05) is 18.2 Å². The van der Waals surface area contributed by atoms with Gasteiger partial charge in [0.2, 0.25) is 0 Å². The minimum atomic E-state index is -0.980. The van der Waals surface area contributed by atoms with Crippen molar-refractivity contribution < 1.29 is 23.9 Å². The number of carbonyl (C=O) groups is 3. The van der Waals surface area contributed by atoms with Gasteiger partial charge in [-0.2, -0.15) is 0 Å². The number of anilines is 1. The van der Waals surface area contributed by atoms with Crippen LogP contribution in [0.5, 0.6) is 0 Å². The van der Waals surface area contributed by atoms with Crippen LogP contribution in [0.3, 0.4) is 0 Å². The molecule has 5 fully saturated rings. The number of hydrogen-bond donors (Lipinski definition) is 0. The van der Waals surface area contributed by atoms with Crippen molar-refractivity contribution in [2.45, 2.75) is 49.1 Å². The maximum Gasteiger partial charge on any atom is 0.414 e. The molecule has 0 unspecified atom stereocenters. The average molecular weight is 410 g/mol. The van der Waals surface area contributed by atoms with Gasteiger partial charge in [0.1, 0.15) is 5.78 Å². The summed E-state index contributed by atoms with van der Waals surface area (Å²) >= 11 is 0. The third-order valence-electron chi connectivity index (χ3n) is 8.99. The number of Topliss-reactive ketones (excluding diaryl/α,β-unsaturated/α-hetero) is 1. The van der Waals surface area contributed by atoms with E-state index in [1.165, 1.54) is 14.2 Å². The SMILES string of the molecule is COC(=O)[C@H]1C[C@@]23CCCN4CC[C@@]5(c6ccccc6N(C(=O)OC)[C@]15CC2=O)[C@@H]43. The van der Waals surface area contributed by atoms with Crippen LogP contribution in [0.25, 0.3) is 0 Å². The highest BCUT2D eigenvalue weighted by Gasteiger charge is 2.84. The van der Waals surface area contributed by atoms with Crippen molar-refractivity contribution in [2.24, 2.45) is 11.3 Å². The summed E-state index contributed by atoms with van der Waals surface area (Å²) in [4.78, 5) is 44.3. The van der Waals surface area contributed by atoms with E-state index in [0.717, 1.165) is 43.6 Å². The zero-order valence-corrected chi connectivity index (χ0v) is 17.3. The maximum atomic E-state index is 13.8. The molecule has 0 aromatic heterocycles. The Balaban J connectivity index is 1.72. The fourth-order valence-electron chi connectivity index (χ4n) is 8.30. The summed E-state index contributed by atoms with van der Waals surface area (Å²) in [6.45, 7) is 1.83. The molecular formula is C23H26N2O5. The van der Waals surface area contributed by atoms with Crippen molar-refractivity contribution in [1.82, 2.24) is 4.90 Å². The predicted octanol–water partition coefficient (Wildman–Crippen LogP) is 2.27. The number of hydrogen-bond acceptors (Lipinski definition) is 6. The van der Waals surface area contributed by atoms with Crippen LogP contribution in [-0.2, 0) is 24.5 Å². The number of para-hydroxylation sites is 1. The first kappa shape index (κ1) is 18.4. The van der Waals surface area contributed by atoms with Gasteiger partial charge in [0, 0.05) is 23.3 Å². The lowest BCUT2D eigenvalue weighted by molar-refractivity contribution is -0.180. The number of rotatable bonds is 1. The monoisotopic (exact) mass is 410 g/mol. The molecule has 3 heterocycles. The van der Waals surface area contributed by atoms with Crippen LogP contribution in [0.15, 0.2) is 24.3 Å². The lowest BCUT2D eigenvalue weighted by Gasteiger charge is -2.68. The van der Waals surface area contributed by atoms with Gasteiger partial charge >= 0.3 is 12.1 Å². The fraction of sp³-hybridized carbons (Fsp3) is 0.609. The normalized spacial score (nSPS) is 40.6. The highest BCUT2D eigenvalue weighted by atomic mass is 16.5. The average Bonchev–Trinajstić information content (AvgIpc) is 3.29. The van der Waals surface area contributed by atoms with Gasteiger partial charge in [-0.3, -0.25) is 19.4 Å². The van der Waals surface area contributed by atoms with Gasteiger partial charge in [-0.05, 0) is 50.4 Å². The van der Waals surface area contributed by atoms with Crippen molar-refractivity contribution in [3.05, 3.63) is 29.8 Å². The summed E-state index contributed by atoms with van der Waals surface area (Å²) in [7, 11) is 2.76. The topological polar surface area (TPSA) is 76.2 Å². The summed E-state index contributed by atoms with van der Waals surface area (Å²) in [5.74, 6) is -0.692. The highest BCUT2D eigenvalue weighted by molar-refractivity contribution is 6.03. The second-order valence-electron chi connectivity index (χ2n) is 9.55. The number of esters is 1. The minimum Gasteiger partial charge on any atom is -0.469 e. The van der Waals surface area contributed by atoms with E-state index >= 15 is 0 Å². The van der Waals surface area contributed by atoms with Gasteiger partial charge < -0.3 is 9.47 Å². The van der Waals surface area contributed by atoms with Crippen molar-refractivity contribution in [3.8, 4) is 0 Å². The second-order valence-corrected chi connectivity index (χ2v) is 9.55. The molecule has 2 bridgehead atoms. The first-order valence-corrected chi connectivity index (χ1v) is 10.8. The molecule has 3 aliphatic carbocycles. The molecule has 3 spiro atoms. The minimum absolute atomic E-state index is 0.0108. The van der Waals surface area contributed by atoms with Crippen LogP contribution >= 0.6 is 0 Å². The Hall–Kier alpha value is -2.41. The van der Waals surface area contributed by atoms with Crippen LogP contribution in [0.4, 0.5) is 10.5 Å². The Bertz CT molecular complexity index is 994. The molecule has 2 saturated heterocycles. The van der Waals surface area contributed by atoms with Crippen LogP contribution in [0.2, 0.25) is 0 Å². The van der Waals surface area contributed by atoms with Crippen LogP contribution in [0, 0.1) is 11.3 Å². The first-order valence-electron chi connectivity index (χ1n) is 10.8. The molecule has 5 atom stereocenters. The van der Waals surface area contributed by atoms with Crippen molar-refractivity contribution in [2.75, 3.05) is 32.2 Å². The van der Waals surface area contributed by atoms with E-state index < -0.39 is 28.4 Å². The number of piperidine rings is 1. The Morgan fingerprint density at radius 1 is 1.10 bits per heavy atom. The van der Waals surface area contributed by atoms with Crippen molar-refractivity contribution in [1.29, 1.82) is 0 Å². The molecule has 6 aliphatic rings. The number of ketones is 1. The molecule has 0 radical (unpaired) electrons. The van der Waals surface area contributed by atoms with E-state index in [9.17, 15) is 14.4 Å². The zero-order chi connectivity index (χ0) is 20.9. The Labute approximate surface area is 175 Å². The second kappa shape index (κ2) is 5.63. The molecule has 0 N–H and O–H groups in total. The van der Waals surface area contributed by atoms with Gasteiger partial charge in [0.25, 0.3) is 0 Å². The molecular weight excluding hydrogens is 384 g/mol. The molecule has 3 aliphatic heterocycles. The molecule has 7 rings (SSSR count). The maximum absolute atomic E-state index is 13.8. The van der Waals surface area contributed by atoms with Crippen LogP contribution < -0.4 is 4.90 Å². The number of benzene rings is 1. The molecule has 1 aromatic carbocycles.